The van der Waals surface area contributed by atoms with Crippen LogP contribution in [0.3, 0.4) is 0 Å². The maximum absolute atomic E-state index is 11.7. The average Bonchev–Trinajstić information content (AvgIpc) is 2.24. The molecule has 3 N–H and O–H groups in total. The van der Waals surface area contributed by atoms with Crippen molar-refractivity contribution in [3.05, 3.63) is 29.8 Å². The van der Waals surface area contributed by atoms with E-state index >= 15 is 0 Å². The van der Waals surface area contributed by atoms with Gasteiger partial charge in [-0.15, -0.1) is 0 Å². The second-order valence-corrected chi connectivity index (χ2v) is 4.99. The zero-order valence-corrected chi connectivity index (χ0v) is 10.0. The summed E-state index contributed by atoms with van der Waals surface area (Å²) in [5.74, 6) is 0.105. The van der Waals surface area contributed by atoms with Gasteiger partial charge in [-0.25, -0.2) is 0 Å². The van der Waals surface area contributed by atoms with Crippen LogP contribution in [0.4, 0.5) is 5.69 Å². The second-order valence-electron chi connectivity index (χ2n) is 4.99. The van der Waals surface area contributed by atoms with Crippen LogP contribution in [0, 0.1) is 0 Å². The van der Waals surface area contributed by atoms with Crippen molar-refractivity contribution in [2.75, 3.05) is 18.8 Å². The summed E-state index contributed by atoms with van der Waals surface area (Å²) in [6, 6.07) is 7.56. The number of aryl methyl sites for hydroxylation is 1. The molecule has 1 fully saturated rings. The van der Waals surface area contributed by atoms with Crippen LogP contribution in [0.15, 0.2) is 24.3 Å². The average molecular weight is 234 g/mol. The molecule has 1 heterocycles. The molecule has 0 spiro atoms. The third-order valence-electron chi connectivity index (χ3n) is 3.02. The molecule has 0 aromatic heterocycles. The number of nitrogens with zero attached hydrogens (tertiary/aromatic N) is 1. The molecule has 1 aromatic rings. The first-order chi connectivity index (χ1) is 7.96. The smallest absolute Gasteiger partial charge is 0.223 e. The molecule has 1 aliphatic heterocycles. The normalized spacial score (nSPS) is 17.6. The van der Waals surface area contributed by atoms with E-state index in [0.717, 1.165) is 17.7 Å². The Labute approximate surface area is 101 Å². The predicted octanol–water partition coefficient (Wildman–Crippen LogP) is 0.795. The lowest BCUT2D eigenvalue weighted by atomic mass is 9.96. The monoisotopic (exact) mass is 234 g/mol. The van der Waals surface area contributed by atoms with Gasteiger partial charge < -0.3 is 15.7 Å². The summed E-state index contributed by atoms with van der Waals surface area (Å²) in [6.45, 7) is 2.65. The topological polar surface area (TPSA) is 66.6 Å². The highest BCUT2D eigenvalue weighted by Crippen LogP contribution is 2.21. The van der Waals surface area contributed by atoms with Gasteiger partial charge in [0.05, 0.1) is 18.7 Å². The van der Waals surface area contributed by atoms with Crippen LogP contribution in [0.25, 0.3) is 0 Å². The second kappa shape index (κ2) is 4.37. The molecule has 2 rings (SSSR count). The minimum Gasteiger partial charge on any atom is -0.399 e. The first-order valence-electron chi connectivity index (χ1n) is 5.81. The fourth-order valence-corrected chi connectivity index (χ4v) is 2.05. The fraction of sp³-hybridized carbons (Fsp3) is 0.462. The SMILES string of the molecule is CC1(O)CN(C(=O)CCc2ccc(N)cc2)C1. The number of carbonyl (C=O) groups is 1. The van der Waals surface area contributed by atoms with E-state index < -0.39 is 5.60 Å². The van der Waals surface area contributed by atoms with Gasteiger partial charge in [-0.2, -0.15) is 0 Å². The first-order valence-corrected chi connectivity index (χ1v) is 5.81. The van der Waals surface area contributed by atoms with Crippen molar-refractivity contribution in [2.45, 2.75) is 25.4 Å². The van der Waals surface area contributed by atoms with Gasteiger partial charge in [-0.1, -0.05) is 12.1 Å². The van der Waals surface area contributed by atoms with Crippen LogP contribution in [-0.4, -0.2) is 34.6 Å². The predicted molar refractivity (Wildman–Crippen MR) is 66.4 cm³/mol. The molecule has 0 bridgehead atoms. The lowest BCUT2D eigenvalue weighted by Gasteiger charge is -2.44. The number of hydrogen-bond donors (Lipinski definition) is 2. The molecule has 1 aromatic carbocycles. The highest BCUT2D eigenvalue weighted by Gasteiger charge is 2.38. The Morgan fingerprint density at radius 1 is 1.41 bits per heavy atom. The van der Waals surface area contributed by atoms with Crippen LogP contribution in [0.5, 0.6) is 0 Å². The van der Waals surface area contributed by atoms with Crippen LogP contribution in [0.2, 0.25) is 0 Å². The molecule has 1 aliphatic rings. The number of β-amino-alcohol motifs (C(OH)–C–C–N with tert-alkyl or cyclic N) is 1. The van der Waals surface area contributed by atoms with E-state index in [4.69, 9.17) is 5.73 Å². The number of carbonyl (C=O) groups excluding carboxylic acids is 1. The summed E-state index contributed by atoms with van der Waals surface area (Å²) >= 11 is 0. The van der Waals surface area contributed by atoms with Gasteiger partial charge in [0.1, 0.15) is 0 Å². The molecule has 4 heteroatoms. The summed E-state index contributed by atoms with van der Waals surface area (Å²) in [7, 11) is 0. The van der Waals surface area contributed by atoms with Gasteiger partial charge >= 0.3 is 0 Å². The molecule has 17 heavy (non-hydrogen) atoms. The number of rotatable bonds is 3. The number of nitrogen functional groups attached to an aromatic ring is 1. The minimum atomic E-state index is -0.684. The highest BCUT2D eigenvalue weighted by atomic mass is 16.3. The number of amides is 1. The van der Waals surface area contributed by atoms with Crippen LogP contribution >= 0.6 is 0 Å². The number of nitrogens with two attached hydrogens (primary N) is 1. The Kier molecular flexibility index (Phi) is 3.07. The van der Waals surface area contributed by atoms with E-state index in [1.807, 2.05) is 24.3 Å². The Morgan fingerprint density at radius 3 is 2.53 bits per heavy atom. The van der Waals surface area contributed by atoms with Crippen molar-refractivity contribution < 1.29 is 9.90 Å². The maximum Gasteiger partial charge on any atom is 0.223 e. The van der Waals surface area contributed by atoms with Gasteiger partial charge in [0, 0.05) is 12.1 Å². The Bertz CT molecular complexity index is 404. The van der Waals surface area contributed by atoms with Gasteiger partial charge in [-0.05, 0) is 31.0 Å². The minimum absolute atomic E-state index is 0.105. The number of aliphatic hydroxyl groups is 1. The van der Waals surface area contributed by atoms with Gasteiger partial charge in [0.15, 0.2) is 0 Å². The third-order valence-corrected chi connectivity index (χ3v) is 3.02. The van der Waals surface area contributed by atoms with E-state index in [2.05, 4.69) is 0 Å². The van der Waals surface area contributed by atoms with Crippen LogP contribution in [-0.2, 0) is 11.2 Å². The van der Waals surface area contributed by atoms with Crippen LogP contribution < -0.4 is 5.73 Å². The zero-order chi connectivity index (χ0) is 12.5. The van der Waals surface area contributed by atoms with Crippen LogP contribution in [0.1, 0.15) is 18.9 Å². The molecule has 0 radical (unpaired) electrons. The van der Waals surface area contributed by atoms with E-state index in [9.17, 15) is 9.90 Å². The van der Waals surface area contributed by atoms with E-state index in [1.165, 1.54) is 0 Å². The molecular formula is C13H18N2O2. The lowest BCUT2D eigenvalue weighted by Crippen LogP contribution is -2.61. The fourth-order valence-electron chi connectivity index (χ4n) is 2.05. The lowest BCUT2D eigenvalue weighted by molar-refractivity contribution is -0.152. The molecule has 4 nitrogen and oxygen atoms in total. The number of likely N-dealkylation sites (tertiary alicyclic amines) is 1. The summed E-state index contributed by atoms with van der Waals surface area (Å²) in [5.41, 5.74) is 6.75. The van der Waals surface area contributed by atoms with Gasteiger partial charge in [-0.3, -0.25) is 4.79 Å². The molecule has 1 saturated heterocycles. The summed E-state index contributed by atoms with van der Waals surface area (Å²) in [6.07, 6.45) is 1.21. The quantitative estimate of drug-likeness (QED) is 0.760. The summed E-state index contributed by atoms with van der Waals surface area (Å²) in [5, 5.41) is 9.54. The Morgan fingerprint density at radius 2 is 2.00 bits per heavy atom. The van der Waals surface area contributed by atoms with Gasteiger partial charge in [0.2, 0.25) is 5.91 Å². The van der Waals surface area contributed by atoms with E-state index in [1.54, 1.807) is 11.8 Å². The maximum atomic E-state index is 11.7. The number of anilines is 1. The molecule has 0 unspecified atom stereocenters. The first kappa shape index (κ1) is 11.9. The standard InChI is InChI=1S/C13H18N2O2/c1-13(17)8-15(9-13)12(16)7-4-10-2-5-11(14)6-3-10/h2-3,5-6,17H,4,7-9,14H2,1H3. The molecule has 0 aliphatic carbocycles. The van der Waals surface area contributed by atoms with Crippen molar-refractivity contribution in [1.82, 2.24) is 4.90 Å². The molecule has 0 saturated carbocycles. The van der Waals surface area contributed by atoms with E-state index in [-0.39, 0.29) is 5.91 Å². The molecule has 92 valence electrons. The summed E-state index contributed by atoms with van der Waals surface area (Å²) in [4.78, 5) is 13.4. The van der Waals surface area contributed by atoms with Crippen molar-refractivity contribution in [3.8, 4) is 0 Å². The Balaban J connectivity index is 1.79. The Hall–Kier alpha value is -1.55. The number of benzene rings is 1. The van der Waals surface area contributed by atoms with Crippen molar-refractivity contribution in [2.24, 2.45) is 0 Å². The van der Waals surface area contributed by atoms with Crippen molar-refractivity contribution in [3.63, 3.8) is 0 Å². The molecule has 0 atom stereocenters. The van der Waals surface area contributed by atoms with Crippen molar-refractivity contribution >= 4 is 11.6 Å². The third kappa shape index (κ3) is 2.97. The van der Waals surface area contributed by atoms with E-state index in [0.29, 0.717) is 19.5 Å². The number of hydrogen-bond acceptors (Lipinski definition) is 3. The largest absolute Gasteiger partial charge is 0.399 e. The zero-order valence-electron chi connectivity index (χ0n) is 10.0. The highest BCUT2D eigenvalue weighted by molar-refractivity contribution is 5.77. The van der Waals surface area contributed by atoms with Gasteiger partial charge in [0.25, 0.3) is 0 Å². The molecule has 1 amide bonds. The summed E-state index contributed by atoms with van der Waals surface area (Å²) < 4.78 is 0. The molecular weight excluding hydrogens is 216 g/mol. The van der Waals surface area contributed by atoms with Crippen molar-refractivity contribution in [1.29, 1.82) is 0 Å².